The van der Waals surface area contributed by atoms with Gasteiger partial charge in [-0.2, -0.15) is 10.2 Å². The lowest BCUT2D eigenvalue weighted by atomic mass is 10.2. The summed E-state index contributed by atoms with van der Waals surface area (Å²) in [5.74, 6) is 0.846. The molecule has 6 nitrogen and oxygen atoms in total. The van der Waals surface area contributed by atoms with Gasteiger partial charge in [0.2, 0.25) is 0 Å². The van der Waals surface area contributed by atoms with Crippen LogP contribution in [0.3, 0.4) is 0 Å². The Balaban J connectivity index is 1.61. The van der Waals surface area contributed by atoms with Crippen LogP contribution in [0.2, 0.25) is 0 Å². The topological polar surface area (TPSA) is 71.4 Å². The van der Waals surface area contributed by atoms with Crippen molar-refractivity contribution in [1.82, 2.24) is 30.3 Å². The van der Waals surface area contributed by atoms with E-state index in [4.69, 9.17) is 0 Å². The molecule has 0 aliphatic rings. The second-order valence-electron chi connectivity index (χ2n) is 4.59. The molecule has 1 atom stereocenters. The Morgan fingerprint density at radius 1 is 1.30 bits per heavy atom. The number of nitrogens with one attached hydrogen (secondary N) is 2. The zero-order valence-corrected chi connectivity index (χ0v) is 11.2. The first-order valence-corrected chi connectivity index (χ1v) is 6.50. The van der Waals surface area contributed by atoms with Crippen molar-refractivity contribution >= 4 is 0 Å². The molecule has 0 fully saturated rings. The average molecular weight is 268 g/mol. The number of rotatable bonds is 5. The molecule has 1 unspecified atom stereocenters. The van der Waals surface area contributed by atoms with Crippen LogP contribution >= 0.6 is 0 Å². The molecule has 0 saturated heterocycles. The maximum atomic E-state index is 4.21. The number of hydrogen-bond donors (Lipinski definition) is 2. The first-order chi connectivity index (χ1) is 9.83. The number of H-pyrrole nitrogens is 1. The fraction of sp³-hybridized carbons (Fsp3) is 0.214. The third-order valence-electron chi connectivity index (χ3n) is 3.16. The summed E-state index contributed by atoms with van der Waals surface area (Å²) in [4.78, 5) is 4.14. The van der Waals surface area contributed by atoms with Gasteiger partial charge in [0.05, 0.1) is 11.7 Å². The van der Waals surface area contributed by atoms with E-state index in [0.29, 0.717) is 0 Å². The third-order valence-corrected chi connectivity index (χ3v) is 3.16. The van der Waals surface area contributed by atoms with Gasteiger partial charge in [-0.1, -0.05) is 12.1 Å². The van der Waals surface area contributed by atoms with Gasteiger partial charge in [-0.15, -0.1) is 0 Å². The van der Waals surface area contributed by atoms with E-state index >= 15 is 0 Å². The van der Waals surface area contributed by atoms with Gasteiger partial charge < -0.3 is 5.32 Å². The molecule has 6 heteroatoms. The van der Waals surface area contributed by atoms with E-state index in [1.165, 1.54) is 11.9 Å². The first-order valence-electron chi connectivity index (χ1n) is 6.50. The van der Waals surface area contributed by atoms with Crippen molar-refractivity contribution in [3.8, 4) is 5.69 Å². The molecule has 3 aromatic rings. The molecular formula is C14H16N6. The van der Waals surface area contributed by atoms with Crippen molar-refractivity contribution in [3.63, 3.8) is 0 Å². The molecule has 2 aromatic heterocycles. The highest BCUT2D eigenvalue weighted by atomic mass is 15.3. The predicted octanol–water partition coefficient (Wildman–Crippen LogP) is 1.84. The van der Waals surface area contributed by atoms with Gasteiger partial charge in [-0.05, 0) is 30.7 Å². The molecule has 3 rings (SSSR count). The normalized spacial score (nSPS) is 12.4. The maximum absolute atomic E-state index is 4.21. The summed E-state index contributed by atoms with van der Waals surface area (Å²) in [6.45, 7) is 2.83. The lowest BCUT2D eigenvalue weighted by molar-refractivity contribution is 0.548. The number of benzene rings is 1. The van der Waals surface area contributed by atoms with Crippen LogP contribution in [-0.4, -0.2) is 25.0 Å². The molecule has 0 bridgehead atoms. The Labute approximate surface area is 116 Å². The number of aromatic nitrogens is 5. The Kier molecular flexibility index (Phi) is 3.56. The SMILES string of the molecule is CC(NCc1ccc(-n2cccn2)cc1)c1ncn[nH]1. The summed E-state index contributed by atoms with van der Waals surface area (Å²) in [5, 5.41) is 14.3. The molecule has 20 heavy (non-hydrogen) atoms. The van der Waals surface area contributed by atoms with E-state index < -0.39 is 0 Å². The van der Waals surface area contributed by atoms with Gasteiger partial charge in [-0.3, -0.25) is 5.10 Å². The number of nitrogens with zero attached hydrogens (tertiary/aromatic N) is 4. The van der Waals surface area contributed by atoms with Crippen molar-refractivity contribution in [2.24, 2.45) is 0 Å². The predicted molar refractivity (Wildman–Crippen MR) is 75.2 cm³/mol. The largest absolute Gasteiger partial charge is 0.303 e. The maximum Gasteiger partial charge on any atom is 0.141 e. The van der Waals surface area contributed by atoms with E-state index in [2.05, 4.69) is 56.8 Å². The molecule has 0 radical (unpaired) electrons. The minimum atomic E-state index is 0.142. The molecule has 1 aromatic carbocycles. The van der Waals surface area contributed by atoms with Crippen molar-refractivity contribution in [2.75, 3.05) is 0 Å². The zero-order valence-electron chi connectivity index (χ0n) is 11.2. The van der Waals surface area contributed by atoms with Crippen molar-refractivity contribution in [2.45, 2.75) is 19.5 Å². The molecule has 102 valence electrons. The lowest BCUT2D eigenvalue weighted by Crippen LogP contribution is -2.19. The molecule has 2 heterocycles. The Morgan fingerprint density at radius 3 is 2.80 bits per heavy atom. The minimum Gasteiger partial charge on any atom is -0.303 e. The molecule has 0 saturated carbocycles. The molecular weight excluding hydrogens is 252 g/mol. The van der Waals surface area contributed by atoms with Crippen LogP contribution in [0.5, 0.6) is 0 Å². The number of hydrogen-bond acceptors (Lipinski definition) is 4. The molecule has 0 aliphatic heterocycles. The lowest BCUT2D eigenvalue weighted by Gasteiger charge is -2.11. The molecule has 0 aliphatic carbocycles. The second-order valence-corrected chi connectivity index (χ2v) is 4.59. The van der Waals surface area contributed by atoms with Crippen molar-refractivity contribution in [1.29, 1.82) is 0 Å². The van der Waals surface area contributed by atoms with Gasteiger partial charge >= 0.3 is 0 Å². The summed E-state index contributed by atoms with van der Waals surface area (Å²) in [6, 6.07) is 10.4. The van der Waals surface area contributed by atoms with Crippen molar-refractivity contribution < 1.29 is 0 Å². The van der Waals surface area contributed by atoms with E-state index in [0.717, 1.165) is 18.1 Å². The average Bonchev–Trinajstić information content (AvgIpc) is 3.18. The highest BCUT2D eigenvalue weighted by molar-refractivity contribution is 5.33. The summed E-state index contributed by atoms with van der Waals surface area (Å²) in [6.07, 6.45) is 5.22. The second kappa shape index (κ2) is 5.66. The summed E-state index contributed by atoms with van der Waals surface area (Å²) < 4.78 is 1.84. The van der Waals surface area contributed by atoms with Crippen LogP contribution in [0, 0.1) is 0 Å². The molecule has 0 spiro atoms. The van der Waals surface area contributed by atoms with Gasteiger partial charge in [-0.25, -0.2) is 9.67 Å². The van der Waals surface area contributed by atoms with Gasteiger partial charge in [0.15, 0.2) is 0 Å². The first kappa shape index (κ1) is 12.6. The quantitative estimate of drug-likeness (QED) is 0.740. The van der Waals surface area contributed by atoms with Gasteiger partial charge in [0.25, 0.3) is 0 Å². The van der Waals surface area contributed by atoms with Crippen LogP contribution in [0.25, 0.3) is 5.69 Å². The standard InChI is InChI=1S/C14H16N6/c1-11(14-16-10-17-19-14)15-9-12-3-5-13(6-4-12)20-8-2-7-18-20/h2-8,10-11,15H,9H2,1H3,(H,16,17,19). The smallest absolute Gasteiger partial charge is 0.141 e. The summed E-state index contributed by atoms with van der Waals surface area (Å²) in [7, 11) is 0. The monoisotopic (exact) mass is 268 g/mol. The fourth-order valence-corrected chi connectivity index (χ4v) is 1.98. The highest BCUT2D eigenvalue weighted by Gasteiger charge is 2.07. The van der Waals surface area contributed by atoms with E-state index in [1.807, 2.05) is 16.9 Å². The van der Waals surface area contributed by atoms with Gasteiger partial charge in [0.1, 0.15) is 12.2 Å². The third kappa shape index (κ3) is 2.75. The van der Waals surface area contributed by atoms with Crippen molar-refractivity contribution in [3.05, 3.63) is 60.4 Å². The van der Waals surface area contributed by atoms with E-state index in [1.54, 1.807) is 6.20 Å². The summed E-state index contributed by atoms with van der Waals surface area (Å²) in [5.41, 5.74) is 2.27. The fourth-order valence-electron chi connectivity index (χ4n) is 1.98. The van der Waals surface area contributed by atoms with Crippen LogP contribution in [0.15, 0.2) is 49.1 Å². The highest BCUT2D eigenvalue weighted by Crippen LogP contribution is 2.10. The Hall–Kier alpha value is -2.47. The molecule has 2 N–H and O–H groups in total. The van der Waals surface area contributed by atoms with Crippen LogP contribution in [0.4, 0.5) is 0 Å². The Morgan fingerprint density at radius 2 is 2.15 bits per heavy atom. The molecule has 0 amide bonds. The van der Waals surface area contributed by atoms with Gasteiger partial charge in [0, 0.05) is 18.9 Å². The van der Waals surface area contributed by atoms with E-state index in [9.17, 15) is 0 Å². The Bertz CT molecular complexity index is 627. The van der Waals surface area contributed by atoms with Crippen LogP contribution < -0.4 is 5.32 Å². The van der Waals surface area contributed by atoms with Crippen LogP contribution in [0.1, 0.15) is 24.4 Å². The minimum absolute atomic E-state index is 0.142. The van der Waals surface area contributed by atoms with E-state index in [-0.39, 0.29) is 6.04 Å². The van der Waals surface area contributed by atoms with Crippen LogP contribution in [-0.2, 0) is 6.54 Å². The zero-order chi connectivity index (χ0) is 13.8. The summed E-state index contributed by atoms with van der Waals surface area (Å²) >= 11 is 0. The number of aromatic amines is 1.